The molecule has 0 saturated heterocycles. The molecule has 0 bridgehead atoms. The first-order valence-electron chi connectivity index (χ1n) is 7.18. The largest absolute Gasteiger partial charge is 0.497 e. The van der Waals surface area contributed by atoms with Crippen LogP contribution in [0, 0.1) is 17.1 Å². The Morgan fingerprint density at radius 1 is 1.00 bits per heavy atom. The number of aromatic nitrogens is 1. The fourth-order valence-electron chi connectivity index (χ4n) is 2.14. The van der Waals surface area contributed by atoms with Crippen LogP contribution in [0.2, 0.25) is 0 Å². The monoisotopic (exact) mass is 336 g/mol. The SMILES string of the molecule is COc1ccc(Sc2nc(-c3ccc(F)cc3)ccc2C#N)cc1. The molecular formula is C19H13FN2OS. The van der Waals surface area contributed by atoms with E-state index < -0.39 is 0 Å². The van der Waals surface area contributed by atoms with E-state index in [1.165, 1.54) is 23.9 Å². The third-order valence-electron chi connectivity index (χ3n) is 3.39. The number of hydrogen-bond acceptors (Lipinski definition) is 4. The second kappa shape index (κ2) is 7.16. The second-order valence-electron chi connectivity index (χ2n) is 4.95. The lowest BCUT2D eigenvalue weighted by Crippen LogP contribution is -1.91. The molecule has 0 aliphatic rings. The summed E-state index contributed by atoms with van der Waals surface area (Å²) < 4.78 is 18.2. The van der Waals surface area contributed by atoms with Crippen LogP contribution in [0.1, 0.15) is 5.56 Å². The van der Waals surface area contributed by atoms with Crippen LogP contribution in [-0.4, -0.2) is 12.1 Å². The van der Waals surface area contributed by atoms with Gasteiger partial charge < -0.3 is 4.74 Å². The van der Waals surface area contributed by atoms with Crippen molar-refractivity contribution in [1.29, 1.82) is 5.26 Å². The molecule has 0 aliphatic carbocycles. The molecule has 0 fully saturated rings. The molecule has 3 nitrogen and oxygen atoms in total. The van der Waals surface area contributed by atoms with Gasteiger partial charge in [0, 0.05) is 10.5 Å². The van der Waals surface area contributed by atoms with Gasteiger partial charge in [-0.2, -0.15) is 5.26 Å². The van der Waals surface area contributed by atoms with E-state index in [4.69, 9.17) is 4.74 Å². The number of methoxy groups -OCH3 is 1. The number of halogens is 1. The van der Waals surface area contributed by atoms with Crippen LogP contribution in [0.5, 0.6) is 5.75 Å². The molecule has 0 spiro atoms. The highest BCUT2D eigenvalue weighted by Crippen LogP contribution is 2.31. The van der Waals surface area contributed by atoms with Crippen LogP contribution in [0.3, 0.4) is 0 Å². The molecule has 0 amide bonds. The molecule has 0 N–H and O–H groups in total. The Morgan fingerprint density at radius 2 is 1.71 bits per heavy atom. The van der Waals surface area contributed by atoms with E-state index in [-0.39, 0.29) is 5.82 Å². The van der Waals surface area contributed by atoms with Gasteiger partial charge in [0.2, 0.25) is 0 Å². The zero-order chi connectivity index (χ0) is 16.9. The molecule has 0 saturated carbocycles. The molecule has 2 aromatic carbocycles. The van der Waals surface area contributed by atoms with Crippen LogP contribution in [0.15, 0.2) is 70.6 Å². The van der Waals surface area contributed by atoms with Gasteiger partial charge in [0.1, 0.15) is 22.7 Å². The Kier molecular flexibility index (Phi) is 4.78. The minimum atomic E-state index is -0.291. The van der Waals surface area contributed by atoms with Gasteiger partial charge in [0.15, 0.2) is 0 Å². The lowest BCUT2D eigenvalue weighted by atomic mass is 10.1. The molecular weight excluding hydrogens is 323 g/mol. The van der Waals surface area contributed by atoms with Crippen molar-refractivity contribution in [2.24, 2.45) is 0 Å². The number of benzene rings is 2. The second-order valence-corrected chi connectivity index (χ2v) is 6.01. The molecule has 0 unspecified atom stereocenters. The number of nitrogens with zero attached hydrogens (tertiary/aromatic N) is 2. The van der Waals surface area contributed by atoms with E-state index in [1.54, 1.807) is 31.4 Å². The summed E-state index contributed by atoms with van der Waals surface area (Å²) in [5.74, 6) is 0.480. The van der Waals surface area contributed by atoms with Crippen molar-refractivity contribution in [3.05, 3.63) is 72.0 Å². The van der Waals surface area contributed by atoms with E-state index in [9.17, 15) is 9.65 Å². The van der Waals surface area contributed by atoms with Crippen LogP contribution >= 0.6 is 11.8 Å². The maximum atomic E-state index is 13.1. The highest BCUT2D eigenvalue weighted by Gasteiger charge is 2.09. The van der Waals surface area contributed by atoms with Gasteiger partial charge in [0.25, 0.3) is 0 Å². The minimum Gasteiger partial charge on any atom is -0.497 e. The van der Waals surface area contributed by atoms with Gasteiger partial charge in [0.05, 0.1) is 18.4 Å². The van der Waals surface area contributed by atoms with E-state index in [0.29, 0.717) is 16.3 Å². The Balaban J connectivity index is 1.94. The van der Waals surface area contributed by atoms with E-state index in [1.807, 2.05) is 24.3 Å². The van der Waals surface area contributed by atoms with Gasteiger partial charge in [-0.1, -0.05) is 11.8 Å². The Morgan fingerprint density at radius 3 is 2.33 bits per heavy atom. The first-order chi connectivity index (χ1) is 11.7. The lowest BCUT2D eigenvalue weighted by molar-refractivity contribution is 0.414. The van der Waals surface area contributed by atoms with Crippen molar-refractivity contribution in [2.75, 3.05) is 7.11 Å². The van der Waals surface area contributed by atoms with Crippen LogP contribution < -0.4 is 4.74 Å². The predicted octanol–water partition coefficient (Wildman–Crippen LogP) is 4.92. The molecule has 3 aromatic rings. The summed E-state index contributed by atoms with van der Waals surface area (Å²) in [5, 5.41) is 9.92. The first-order valence-corrected chi connectivity index (χ1v) is 8.00. The van der Waals surface area contributed by atoms with E-state index in [2.05, 4.69) is 11.1 Å². The number of hydrogen-bond donors (Lipinski definition) is 0. The standard InChI is InChI=1S/C19H13FN2OS/c1-23-16-7-9-17(10-8-16)24-19-14(12-21)4-11-18(22-19)13-2-5-15(20)6-3-13/h2-11H,1H3. The quantitative estimate of drug-likeness (QED) is 0.678. The van der Waals surface area contributed by atoms with Crippen LogP contribution in [0.4, 0.5) is 4.39 Å². The molecule has 0 radical (unpaired) electrons. The van der Waals surface area contributed by atoms with Gasteiger partial charge in [-0.15, -0.1) is 0 Å². The summed E-state index contributed by atoms with van der Waals surface area (Å²) in [5.41, 5.74) is 2.00. The van der Waals surface area contributed by atoms with Crippen molar-refractivity contribution < 1.29 is 9.13 Å². The minimum absolute atomic E-state index is 0.291. The van der Waals surface area contributed by atoms with Gasteiger partial charge in [-0.3, -0.25) is 0 Å². The molecule has 1 aromatic heterocycles. The van der Waals surface area contributed by atoms with Gasteiger partial charge >= 0.3 is 0 Å². The number of nitriles is 1. The summed E-state index contributed by atoms with van der Waals surface area (Å²) in [6.45, 7) is 0. The third-order valence-corrected chi connectivity index (χ3v) is 4.41. The zero-order valence-electron chi connectivity index (χ0n) is 12.9. The van der Waals surface area contributed by atoms with Gasteiger partial charge in [-0.05, 0) is 60.7 Å². The number of rotatable bonds is 4. The van der Waals surface area contributed by atoms with Crippen molar-refractivity contribution in [3.63, 3.8) is 0 Å². The lowest BCUT2D eigenvalue weighted by Gasteiger charge is -2.07. The fraction of sp³-hybridized carbons (Fsp3) is 0.0526. The zero-order valence-corrected chi connectivity index (χ0v) is 13.7. The third kappa shape index (κ3) is 3.55. The summed E-state index contributed by atoms with van der Waals surface area (Å²) in [4.78, 5) is 5.52. The van der Waals surface area contributed by atoms with Crippen molar-refractivity contribution in [3.8, 4) is 23.1 Å². The van der Waals surface area contributed by atoms with Gasteiger partial charge in [-0.25, -0.2) is 9.37 Å². The molecule has 3 rings (SSSR count). The van der Waals surface area contributed by atoms with E-state index in [0.717, 1.165) is 16.2 Å². The van der Waals surface area contributed by atoms with Crippen LogP contribution in [-0.2, 0) is 0 Å². The Hall–Kier alpha value is -2.84. The first kappa shape index (κ1) is 16.0. The predicted molar refractivity (Wildman–Crippen MR) is 91.5 cm³/mol. The topological polar surface area (TPSA) is 45.9 Å². The highest BCUT2D eigenvalue weighted by atomic mass is 32.2. The average Bonchev–Trinajstić information content (AvgIpc) is 2.63. The van der Waals surface area contributed by atoms with Crippen molar-refractivity contribution >= 4 is 11.8 Å². The van der Waals surface area contributed by atoms with Crippen molar-refractivity contribution in [1.82, 2.24) is 4.98 Å². The molecule has 5 heteroatoms. The summed E-state index contributed by atoms with van der Waals surface area (Å²) in [7, 11) is 1.61. The summed E-state index contributed by atoms with van der Waals surface area (Å²) >= 11 is 1.41. The number of pyridine rings is 1. The maximum absolute atomic E-state index is 13.1. The fourth-order valence-corrected chi connectivity index (χ4v) is 3.00. The average molecular weight is 336 g/mol. The maximum Gasteiger partial charge on any atom is 0.123 e. The smallest absolute Gasteiger partial charge is 0.123 e. The Bertz CT molecular complexity index is 887. The molecule has 0 aliphatic heterocycles. The highest BCUT2D eigenvalue weighted by molar-refractivity contribution is 7.99. The summed E-state index contributed by atoms with van der Waals surface area (Å²) in [6, 6.07) is 19.3. The van der Waals surface area contributed by atoms with E-state index >= 15 is 0 Å². The van der Waals surface area contributed by atoms with Crippen LogP contribution in [0.25, 0.3) is 11.3 Å². The Labute approximate surface area is 143 Å². The molecule has 1 heterocycles. The van der Waals surface area contributed by atoms with Crippen molar-refractivity contribution in [2.45, 2.75) is 9.92 Å². The molecule has 0 atom stereocenters. The molecule has 118 valence electrons. The normalized spacial score (nSPS) is 10.2. The summed E-state index contributed by atoms with van der Waals surface area (Å²) in [6.07, 6.45) is 0. The molecule has 24 heavy (non-hydrogen) atoms. The number of ether oxygens (including phenoxy) is 1.